The largest absolute Gasteiger partial charge is 0.481 e. The highest BCUT2D eigenvalue weighted by Gasteiger charge is 2.20. The molecule has 10 heteroatoms. The van der Waals surface area contributed by atoms with Crippen LogP contribution in [0.15, 0.2) is 0 Å². The van der Waals surface area contributed by atoms with Crippen LogP contribution in [0.5, 0.6) is 0 Å². The van der Waals surface area contributed by atoms with Gasteiger partial charge in [-0.15, -0.1) is 23.5 Å². The highest BCUT2D eigenvalue weighted by molar-refractivity contribution is 8.05. The second kappa shape index (κ2) is 14.3. The maximum atomic E-state index is 12.1. The highest BCUT2D eigenvalue weighted by Crippen LogP contribution is 2.20. The molecule has 0 heterocycles. The molecule has 1 atom stereocenters. The zero-order chi connectivity index (χ0) is 16.8. The Morgan fingerprint density at radius 3 is 2.14 bits per heavy atom. The first-order chi connectivity index (χ1) is 10.5. The Kier molecular flexibility index (Phi) is 14.1. The zero-order valence-corrected chi connectivity index (χ0v) is 15.0. The smallest absolute Gasteiger partial charge is 0.313 e. The number of aliphatic carboxylic acids is 2. The summed E-state index contributed by atoms with van der Waals surface area (Å²) in [7, 11) is 0. The molecule has 0 saturated carbocycles. The predicted molar refractivity (Wildman–Crippen MR) is 94.6 cm³/mol. The van der Waals surface area contributed by atoms with E-state index in [1.807, 2.05) is 0 Å². The third kappa shape index (κ3) is 13.4. The summed E-state index contributed by atoms with van der Waals surface area (Å²) in [5.41, 5.74) is 0. The lowest BCUT2D eigenvalue weighted by atomic mass is 10.3. The van der Waals surface area contributed by atoms with Gasteiger partial charge in [-0.25, -0.2) is 0 Å². The number of hydrogen-bond acceptors (Lipinski definition) is 8. The van der Waals surface area contributed by atoms with Gasteiger partial charge in [-0.05, 0) is 0 Å². The van der Waals surface area contributed by atoms with Crippen LogP contribution in [-0.2, 0) is 19.2 Å². The molecule has 0 fully saturated rings. The molecule has 1 unspecified atom stereocenters. The van der Waals surface area contributed by atoms with Crippen LogP contribution >= 0.6 is 47.0 Å². The molecule has 0 aromatic rings. The van der Waals surface area contributed by atoms with Crippen LogP contribution in [0.25, 0.3) is 0 Å². The molecule has 126 valence electrons. The van der Waals surface area contributed by atoms with Crippen molar-refractivity contribution < 1.29 is 29.4 Å². The molecule has 0 saturated heterocycles. The van der Waals surface area contributed by atoms with E-state index < -0.39 is 17.2 Å². The van der Waals surface area contributed by atoms with Crippen LogP contribution < -0.4 is 0 Å². The Hall–Kier alpha value is -0.320. The Morgan fingerprint density at radius 2 is 1.55 bits per heavy atom. The van der Waals surface area contributed by atoms with Gasteiger partial charge in [0.2, 0.25) is 0 Å². The lowest BCUT2D eigenvalue weighted by molar-refractivity contribution is -0.135. The van der Waals surface area contributed by atoms with Crippen molar-refractivity contribution in [2.75, 3.05) is 40.3 Å². The number of ketones is 1. The van der Waals surface area contributed by atoms with Gasteiger partial charge in [-0.1, -0.05) is 0 Å². The molecule has 0 amide bonds. The fraction of sp³-hybridized carbons (Fsp3) is 0.667. The summed E-state index contributed by atoms with van der Waals surface area (Å²) in [5.74, 6) is 0.212. The van der Waals surface area contributed by atoms with E-state index in [0.717, 1.165) is 41.3 Å². The minimum atomic E-state index is -0.996. The fourth-order valence-electron chi connectivity index (χ4n) is 1.17. The number of carboxylic acids is 2. The first-order valence-corrected chi connectivity index (χ1v) is 10.7. The molecule has 0 aromatic heterocycles. The van der Waals surface area contributed by atoms with Gasteiger partial charge in [0.25, 0.3) is 0 Å². The normalized spacial score (nSPS) is 11.8. The summed E-state index contributed by atoms with van der Waals surface area (Å²) >= 11 is 5.08. The molecular weight excluding hydrogens is 368 g/mol. The third-order valence-corrected chi connectivity index (χ3v) is 6.65. The van der Waals surface area contributed by atoms with Crippen molar-refractivity contribution in [3.8, 4) is 0 Å². The van der Waals surface area contributed by atoms with Gasteiger partial charge >= 0.3 is 11.9 Å². The number of thioether (sulfide) groups is 4. The van der Waals surface area contributed by atoms with E-state index in [0.29, 0.717) is 11.5 Å². The van der Waals surface area contributed by atoms with Crippen LogP contribution in [0.2, 0.25) is 0 Å². The second-order valence-electron chi connectivity index (χ2n) is 3.86. The number of carbonyl (C=O) groups excluding carboxylic acids is 2. The number of aldehydes is 1. The number of Topliss-reactive ketones (excluding diaryl/α,β-unsaturated/α-hetero) is 1. The maximum Gasteiger partial charge on any atom is 0.313 e. The van der Waals surface area contributed by atoms with E-state index in [1.165, 1.54) is 23.5 Å². The number of hydrogen-bond donors (Lipinski definition) is 2. The van der Waals surface area contributed by atoms with Crippen LogP contribution in [0.3, 0.4) is 0 Å². The molecule has 0 radical (unpaired) electrons. The lowest BCUT2D eigenvalue weighted by Crippen LogP contribution is -2.24. The van der Waals surface area contributed by atoms with Gasteiger partial charge in [-0.3, -0.25) is 14.4 Å². The van der Waals surface area contributed by atoms with E-state index in [1.54, 1.807) is 0 Å². The first-order valence-electron chi connectivity index (χ1n) is 6.22. The summed E-state index contributed by atoms with van der Waals surface area (Å²) in [6, 6.07) is 0. The number of carboxylic acid groups (broad SMARTS) is 2. The summed E-state index contributed by atoms with van der Waals surface area (Å²) in [5, 5.41) is 16.8. The van der Waals surface area contributed by atoms with Crippen molar-refractivity contribution in [3.63, 3.8) is 0 Å². The molecule has 0 rings (SSSR count). The quantitative estimate of drug-likeness (QED) is 0.315. The monoisotopic (exact) mass is 386 g/mol. The van der Waals surface area contributed by atoms with Gasteiger partial charge in [0.05, 0.1) is 22.5 Å². The van der Waals surface area contributed by atoms with E-state index >= 15 is 0 Å². The Bertz CT molecular complexity index is 377. The molecule has 0 aromatic carbocycles. The predicted octanol–water partition coefficient (Wildman–Crippen LogP) is 1.23. The molecule has 0 aliphatic rings. The molecule has 0 aliphatic heterocycles. The van der Waals surface area contributed by atoms with Crippen LogP contribution in [0, 0.1) is 0 Å². The highest BCUT2D eigenvalue weighted by atomic mass is 32.2. The summed E-state index contributed by atoms with van der Waals surface area (Å²) in [6.07, 6.45) is 0.832. The maximum absolute atomic E-state index is 12.1. The van der Waals surface area contributed by atoms with Gasteiger partial charge in [0.15, 0.2) is 5.78 Å². The first kappa shape index (κ1) is 21.7. The zero-order valence-electron chi connectivity index (χ0n) is 11.8. The van der Waals surface area contributed by atoms with Crippen molar-refractivity contribution in [2.24, 2.45) is 0 Å². The minimum Gasteiger partial charge on any atom is -0.481 e. The average Bonchev–Trinajstić information content (AvgIpc) is 2.45. The van der Waals surface area contributed by atoms with E-state index in [2.05, 4.69) is 0 Å². The van der Waals surface area contributed by atoms with Crippen molar-refractivity contribution in [3.05, 3.63) is 0 Å². The van der Waals surface area contributed by atoms with Crippen molar-refractivity contribution in [2.45, 2.75) is 5.25 Å². The van der Waals surface area contributed by atoms with Gasteiger partial charge in [0.1, 0.15) is 6.29 Å². The SMILES string of the molecule is O=CCSCCSCC(=O)C(CSCC(=O)O)SCC(=O)O. The average molecular weight is 387 g/mol. The van der Waals surface area contributed by atoms with E-state index in [9.17, 15) is 19.2 Å². The van der Waals surface area contributed by atoms with Crippen LogP contribution in [-0.4, -0.2) is 79.7 Å². The molecule has 0 bridgehead atoms. The van der Waals surface area contributed by atoms with Crippen molar-refractivity contribution >= 4 is 71.1 Å². The van der Waals surface area contributed by atoms with Gasteiger partial charge in [0, 0.05) is 23.0 Å². The molecule has 22 heavy (non-hydrogen) atoms. The van der Waals surface area contributed by atoms with Gasteiger partial charge < -0.3 is 15.0 Å². The Labute approximate surface area is 145 Å². The summed E-state index contributed by atoms with van der Waals surface area (Å²) in [6.45, 7) is 0. The standard InChI is InChI=1S/C12H18O6S4/c13-1-2-19-3-4-20-5-9(14)10(22-8-12(17)18)6-21-7-11(15)16/h1,10H,2-8H2,(H,15,16)(H,17,18). The molecule has 6 nitrogen and oxygen atoms in total. The Morgan fingerprint density at radius 1 is 0.909 bits per heavy atom. The molecule has 2 N–H and O–H groups in total. The van der Waals surface area contributed by atoms with E-state index in [-0.39, 0.29) is 23.0 Å². The molecular formula is C12H18O6S4. The fourth-order valence-corrected chi connectivity index (χ4v) is 5.01. The molecule has 0 spiro atoms. The summed E-state index contributed by atoms with van der Waals surface area (Å²) in [4.78, 5) is 43.3. The minimum absolute atomic E-state index is 0.0745. The second-order valence-corrected chi connectivity index (χ2v) is 8.34. The van der Waals surface area contributed by atoms with Crippen LogP contribution in [0.4, 0.5) is 0 Å². The van der Waals surface area contributed by atoms with Crippen molar-refractivity contribution in [1.29, 1.82) is 0 Å². The molecule has 0 aliphatic carbocycles. The number of rotatable bonds is 15. The van der Waals surface area contributed by atoms with Crippen LogP contribution in [0.1, 0.15) is 0 Å². The summed E-state index contributed by atoms with van der Waals surface area (Å²) < 4.78 is 0. The Balaban J connectivity index is 4.09. The van der Waals surface area contributed by atoms with Gasteiger partial charge in [-0.2, -0.15) is 23.5 Å². The third-order valence-electron chi connectivity index (χ3n) is 2.06. The van der Waals surface area contributed by atoms with E-state index in [4.69, 9.17) is 10.2 Å². The number of carbonyl (C=O) groups is 4. The van der Waals surface area contributed by atoms with Crippen molar-refractivity contribution in [1.82, 2.24) is 0 Å². The lowest BCUT2D eigenvalue weighted by Gasteiger charge is -2.13. The topological polar surface area (TPSA) is 109 Å².